The molecule has 0 aliphatic carbocycles. The summed E-state index contributed by atoms with van der Waals surface area (Å²) in [5.41, 5.74) is 1.73. The third kappa shape index (κ3) is 4.69. The lowest BCUT2D eigenvalue weighted by Gasteiger charge is -2.16. The van der Waals surface area contributed by atoms with Crippen LogP contribution in [0.1, 0.15) is 56.1 Å². The lowest BCUT2D eigenvalue weighted by Crippen LogP contribution is -2.16. The van der Waals surface area contributed by atoms with Gasteiger partial charge in [-0.15, -0.1) is 0 Å². The molecular weight excluding hydrogens is 340 g/mol. The number of carbonyl (C=O) groups is 1. The van der Waals surface area contributed by atoms with Gasteiger partial charge in [0.2, 0.25) is 5.88 Å². The molecule has 1 heterocycles. The van der Waals surface area contributed by atoms with Crippen LogP contribution in [0.3, 0.4) is 0 Å². The highest BCUT2D eigenvalue weighted by Crippen LogP contribution is 2.30. The van der Waals surface area contributed by atoms with Gasteiger partial charge in [0.05, 0.1) is 18.9 Å². The van der Waals surface area contributed by atoms with Gasteiger partial charge in [0, 0.05) is 10.6 Å². The minimum Gasteiger partial charge on any atom is -0.477 e. The number of hydrogen-bond donors (Lipinski definition) is 0. The van der Waals surface area contributed by atoms with Crippen LogP contribution < -0.4 is 4.74 Å². The van der Waals surface area contributed by atoms with Crippen molar-refractivity contribution in [1.82, 2.24) is 9.97 Å². The van der Waals surface area contributed by atoms with Crippen LogP contribution in [-0.4, -0.2) is 29.2 Å². The van der Waals surface area contributed by atoms with Crippen LogP contribution in [0.5, 0.6) is 5.88 Å². The molecule has 0 amide bonds. The normalized spacial score (nSPS) is 10.8. The van der Waals surface area contributed by atoms with Crippen LogP contribution in [0.15, 0.2) is 24.3 Å². The first-order valence-corrected chi connectivity index (χ1v) is 8.83. The highest BCUT2D eigenvalue weighted by Gasteiger charge is 2.25. The second kappa shape index (κ2) is 8.81. The summed E-state index contributed by atoms with van der Waals surface area (Å²) in [7, 11) is 0. The Balaban J connectivity index is 2.61. The summed E-state index contributed by atoms with van der Waals surface area (Å²) in [6.45, 7) is 8.45. The Bertz CT molecular complexity index is 730. The summed E-state index contributed by atoms with van der Waals surface area (Å²) in [6, 6.07) is 7.24. The van der Waals surface area contributed by atoms with E-state index >= 15 is 0 Å². The molecule has 25 heavy (non-hydrogen) atoms. The van der Waals surface area contributed by atoms with Gasteiger partial charge in [0.1, 0.15) is 5.56 Å². The van der Waals surface area contributed by atoms with Gasteiger partial charge in [-0.05, 0) is 43.5 Å². The number of benzene rings is 1. The molecule has 134 valence electrons. The SMILES string of the molecule is CCCOc1nc(-c2ccc(Cl)cc2)nc(C(C)C)c1C(=O)OCC. The maximum atomic E-state index is 12.4. The van der Waals surface area contributed by atoms with E-state index in [2.05, 4.69) is 9.97 Å². The molecule has 0 atom stereocenters. The Labute approximate surface area is 153 Å². The minimum atomic E-state index is -0.458. The van der Waals surface area contributed by atoms with Gasteiger partial charge >= 0.3 is 5.97 Å². The van der Waals surface area contributed by atoms with E-state index in [4.69, 9.17) is 21.1 Å². The number of esters is 1. The molecule has 0 fully saturated rings. The summed E-state index contributed by atoms with van der Waals surface area (Å²) in [5.74, 6) is 0.320. The maximum Gasteiger partial charge on any atom is 0.345 e. The smallest absolute Gasteiger partial charge is 0.345 e. The Kier molecular flexibility index (Phi) is 6.76. The number of halogens is 1. The van der Waals surface area contributed by atoms with E-state index < -0.39 is 5.97 Å². The van der Waals surface area contributed by atoms with Crippen LogP contribution in [0.2, 0.25) is 5.02 Å². The molecule has 1 aromatic carbocycles. The van der Waals surface area contributed by atoms with Gasteiger partial charge in [0.25, 0.3) is 0 Å². The molecule has 6 heteroatoms. The lowest BCUT2D eigenvalue weighted by molar-refractivity contribution is 0.0518. The topological polar surface area (TPSA) is 61.3 Å². The Morgan fingerprint density at radius 1 is 1.16 bits per heavy atom. The average Bonchev–Trinajstić information content (AvgIpc) is 2.59. The molecule has 2 aromatic rings. The average molecular weight is 363 g/mol. The van der Waals surface area contributed by atoms with Crippen molar-refractivity contribution in [2.45, 2.75) is 40.0 Å². The molecule has 0 aliphatic heterocycles. The van der Waals surface area contributed by atoms with Crippen molar-refractivity contribution in [1.29, 1.82) is 0 Å². The number of ether oxygens (including phenoxy) is 2. The molecule has 0 aliphatic rings. The molecule has 0 bridgehead atoms. The maximum absolute atomic E-state index is 12.4. The summed E-state index contributed by atoms with van der Waals surface area (Å²) in [6.07, 6.45) is 0.805. The van der Waals surface area contributed by atoms with E-state index in [0.717, 1.165) is 12.0 Å². The molecule has 1 aromatic heterocycles. The summed E-state index contributed by atoms with van der Waals surface area (Å²) >= 11 is 5.96. The van der Waals surface area contributed by atoms with E-state index in [9.17, 15) is 4.79 Å². The van der Waals surface area contributed by atoms with Gasteiger partial charge in [-0.25, -0.2) is 9.78 Å². The predicted octanol–water partition coefficient (Wildman–Crippen LogP) is 4.89. The quantitative estimate of drug-likeness (QED) is 0.656. The number of rotatable bonds is 7. The molecule has 0 saturated heterocycles. The Morgan fingerprint density at radius 2 is 1.84 bits per heavy atom. The van der Waals surface area contributed by atoms with Gasteiger partial charge in [-0.3, -0.25) is 0 Å². The van der Waals surface area contributed by atoms with Crippen LogP contribution in [-0.2, 0) is 4.74 Å². The molecule has 2 rings (SSSR count). The fourth-order valence-electron chi connectivity index (χ4n) is 2.30. The molecule has 0 N–H and O–H groups in total. The van der Waals surface area contributed by atoms with Crippen molar-refractivity contribution in [3.63, 3.8) is 0 Å². The molecule has 0 radical (unpaired) electrons. The largest absolute Gasteiger partial charge is 0.477 e. The first-order valence-electron chi connectivity index (χ1n) is 8.45. The predicted molar refractivity (Wildman–Crippen MR) is 98.3 cm³/mol. The van der Waals surface area contributed by atoms with Crippen molar-refractivity contribution < 1.29 is 14.3 Å². The van der Waals surface area contributed by atoms with Crippen LogP contribution in [0.4, 0.5) is 0 Å². The second-order valence-corrected chi connectivity index (χ2v) is 6.28. The van der Waals surface area contributed by atoms with E-state index in [-0.39, 0.29) is 18.4 Å². The minimum absolute atomic E-state index is 0.0115. The van der Waals surface area contributed by atoms with Gasteiger partial charge < -0.3 is 9.47 Å². The fraction of sp³-hybridized carbons (Fsp3) is 0.421. The Hall–Kier alpha value is -2.14. The molecule has 0 saturated carbocycles. The molecule has 5 nitrogen and oxygen atoms in total. The van der Waals surface area contributed by atoms with Crippen molar-refractivity contribution in [3.05, 3.63) is 40.5 Å². The van der Waals surface area contributed by atoms with Crippen LogP contribution in [0.25, 0.3) is 11.4 Å². The van der Waals surface area contributed by atoms with Crippen LogP contribution >= 0.6 is 11.6 Å². The fourth-order valence-corrected chi connectivity index (χ4v) is 2.43. The first-order chi connectivity index (χ1) is 12.0. The lowest BCUT2D eigenvalue weighted by atomic mass is 10.0. The van der Waals surface area contributed by atoms with Crippen molar-refractivity contribution in [3.8, 4) is 17.3 Å². The second-order valence-electron chi connectivity index (χ2n) is 5.84. The van der Waals surface area contributed by atoms with Crippen LogP contribution in [0, 0.1) is 0 Å². The van der Waals surface area contributed by atoms with E-state index in [0.29, 0.717) is 28.7 Å². The van der Waals surface area contributed by atoms with Gasteiger partial charge in [-0.2, -0.15) is 4.98 Å². The number of aromatic nitrogens is 2. The van der Waals surface area contributed by atoms with E-state index in [1.165, 1.54) is 0 Å². The van der Waals surface area contributed by atoms with Gasteiger partial charge in [-0.1, -0.05) is 32.4 Å². The van der Waals surface area contributed by atoms with Crippen molar-refractivity contribution in [2.75, 3.05) is 13.2 Å². The Morgan fingerprint density at radius 3 is 2.40 bits per heavy atom. The number of carbonyl (C=O) groups excluding carboxylic acids is 1. The van der Waals surface area contributed by atoms with Crippen molar-refractivity contribution >= 4 is 17.6 Å². The summed E-state index contributed by atoms with van der Waals surface area (Å²) in [4.78, 5) is 21.5. The summed E-state index contributed by atoms with van der Waals surface area (Å²) in [5, 5.41) is 0.637. The molecule has 0 unspecified atom stereocenters. The van der Waals surface area contributed by atoms with E-state index in [1.54, 1.807) is 19.1 Å². The third-order valence-electron chi connectivity index (χ3n) is 3.48. The van der Waals surface area contributed by atoms with E-state index in [1.807, 2.05) is 32.9 Å². The monoisotopic (exact) mass is 362 g/mol. The van der Waals surface area contributed by atoms with Gasteiger partial charge in [0.15, 0.2) is 5.82 Å². The number of nitrogens with zero attached hydrogens (tertiary/aromatic N) is 2. The third-order valence-corrected chi connectivity index (χ3v) is 3.73. The first kappa shape index (κ1) is 19.2. The standard InChI is InChI=1S/C19H23ClN2O3/c1-5-11-25-18-15(19(23)24-6-2)16(12(3)4)21-17(22-18)13-7-9-14(20)10-8-13/h7-10,12H,5-6,11H2,1-4H3. The molecular formula is C19H23ClN2O3. The molecule has 0 spiro atoms. The highest BCUT2D eigenvalue weighted by atomic mass is 35.5. The zero-order valence-electron chi connectivity index (χ0n) is 15.0. The number of hydrogen-bond acceptors (Lipinski definition) is 5. The summed E-state index contributed by atoms with van der Waals surface area (Å²) < 4.78 is 10.9. The van der Waals surface area contributed by atoms with Crippen molar-refractivity contribution in [2.24, 2.45) is 0 Å². The zero-order valence-corrected chi connectivity index (χ0v) is 15.8. The zero-order chi connectivity index (χ0) is 18.4. The highest BCUT2D eigenvalue weighted by molar-refractivity contribution is 6.30.